The van der Waals surface area contributed by atoms with Gasteiger partial charge in [0.15, 0.2) is 5.78 Å². The molecule has 0 aliphatic carbocycles. The summed E-state index contributed by atoms with van der Waals surface area (Å²) in [7, 11) is 0. The molecule has 0 fully saturated rings. The Balaban J connectivity index is 2.15. The number of carbonyl (C=O) groups is 1. The summed E-state index contributed by atoms with van der Waals surface area (Å²) in [5, 5.41) is 6.45. The van der Waals surface area contributed by atoms with Crippen molar-refractivity contribution in [2.24, 2.45) is 0 Å². The van der Waals surface area contributed by atoms with Crippen LogP contribution in [0.3, 0.4) is 0 Å². The molecule has 0 bridgehead atoms. The summed E-state index contributed by atoms with van der Waals surface area (Å²) < 4.78 is 0. The molecule has 5 heteroatoms. The number of aryl methyl sites for hydroxylation is 1. The molecular weight excluding hydrogens is 276 g/mol. The van der Waals surface area contributed by atoms with Crippen LogP contribution in [-0.2, 0) is 0 Å². The lowest BCUT2D eigenvalue weighted by atomic mass is 10.1. The second kappa shape index (κ2) is 7.54. The molecule has 2 aromatic rings. The Morgan fingerprint density at radius 1 is 1.23 bits per heavy atom. The summed E-state index contributed by atoms with van der Waals surface area (Å²) >= 11 is 0. The fourth-order valence-corrected chi connectivity index (χ4v) is 2.05. The van der Waals surface area contributed by atoms with E-state index in [4.69, 9.17) is 0 Å². The van der Waals surface area contributed by atoms with Crippen molar-refractivity contribution in [1.29, 1.82) is 0 Å². The van der Waals surface area contributed by atoms with Crippen LogP contribution < -0.4 is 10.6 Å². The van der Waals surface area contributed by atoms with Gasteiger partial charge >= 0.3 is 0 Å². The maximum Gasteiger partial charge on any atom is 0.224 e. The Labute approximate surface area is 131 Å². The lowest BCUT2D eigenvalue weighted by Crippen LogP contribution is -2.07. The number of hydrogen-bond acceptors (Lipinski definition) is 5. The van der Waals surface area contributed by atoms with Crippen LogP contribution in [0.25, 0.3) is 0 Å². The Morgan fingerprint density at radius 3 is 2.77 bits per heavy atom. The zero-order valence-electron chi connectivity index (χ0n) is 13.3. The molecule has 0 amide bonds. The number of rotatable bonds is 7. The summed E-state index contributed by atoms with van der Waals surface area (Å²) in [4.78, 5) is 20.3. The van der Waals surface area contributed by atoms with E-state index in [1.54, 1.807) is 13.0 Å². The van der Waals surface area contributed by atoms with Gasteiger partial charge < -0.3 is 10.6 Å². The molecule has 1 heterocycles. The van der Waals surface area contributed by atoms with Crippen LogP contribution in [0.5, 0.6) is 0 Å². The molecule has 0 spiro atoms. The van der Waals surface area contributed by atoms with Crippen molar-refractivity contribution in [2.75, 3.05) is 17.2 Å². The highest BCUT2D eigenvalue weighted by atomic mass is 16.1. The maximum absolute atomic E-state index is 11.4. The zero-order valence-corrected chi connectivity index (χ0v) is 13.3. The average molecular weight is 298 g/mol. The molecule has 1 aromatic carbocycles. The molecule has 0 aliphatic rings. The Kier molecular flexibility index (Phi) is 5.47. The van der Waals surface area contributed by atoms with Gasteiger partial charge in [-0.1, -0.05) is 25.5 Å². The quantitative estimate of drug-likeness (QED) is 0.598. The van der Waals surface area contributed by atoms with Crippen LogP contribution in [0.4, 0.5) is 17.5 Å². The number of nitrogens with one attached hydrogen (secondary N) is 2. The maximum atomic E-state index is 11.4. The van der Waals surface area contributed by atoms with Gasteiger partial charge in [-0.15, -0.1) is 0 Å². The largest absolute Gasteiger partial charge is 0.354 e. The minimum Gasteiger partial charge on any atom is -0.354 e. The van der Waals surface area contributed by atoms with Gasteiger partial charge in [0.1, 0.15) is 5.82 Å². The van der Waals surface area contributed by atoms with E-state index in [1.807, 2.05) is 31.2 Å². The van der Waals surface area contributed by atoms with Gasteiger partial charge in [0.2, 0.25) is 5.95 Å². The zero-order chi connectivity index (χ0) is 15.9. The van der Waals surface area contributed by atoms with E-state index in [0.717, 1.165) is 30.8 Å². The van der Waals surface area contributed by atoms with Gasteiger partial charge in [-0.3, -0.25) is 4.79 Å². The molecule has 1 aromatic heterocycles. The number of carbonyl (C=O) groups excluding carboxylic acids is 1. The first-order chi connectivity index (χ1) is 10.6. The molecule has 0 atom stereocenters. The first-order valence-electron chi connectivity index (χ1n) is 7.56. The predicted molar refractivity (Wildman–Crippen MR) is 89.9 cm³/mol. The van der Waals surface area contributed by atoms with Gasteiger partial charge in [0, 0.05) is 29.6 Å². The number of ketones is 1. The van der Waals surface area contributed by atoms with Crippen molar-refractivity contribution >= 4 is 23.2 Å². The predicted octanol–water partition coefficient (Wildman–Crippen LogP) is 3.94. The molecule has 5 nitrogen and oxygen atoms in total. The van der Waals surface area contributed by atoms with E-state index in [2.05, 4.69) is 27.5 Å². The minimum absolute atomic E-state index is 0.0458. The summed E-state index contributed by atoms with van der Waals surface area (Å²) in [5.74, 6) is 1.38. The fraction of sp³-hybridized carbons (Fsp3) is 0.353. The lowest BCUT2D eigenvalue weighted by Gasteiger charge is -2.10. The number of aromatic nitrogens is 2. The van der Waals surface area contributed by atoms with Crippen molar-refractivity contribution in [3.8, 4) is 0 Å². The van der Waals surface area contributed by atoms with Crippen molar-refractivity contribution in [3.63, 3.8) is 0 Å². The highest BCUT2D eigenvalue weighted by Gasteiger charge is 2.04. The first-order valence-corrected chi connectivity index (χ1v) is 7.56. The Morgan fingerprint density at radius 2 is 2.05 bits per heavy atom. The van der Waals surface area contributed by atoms with E-state index >= 15 is 0 Å². The van der Waals surface area contributed by atoms with Crippen LogP contribution in [0.15, 0.2) is 30.3 Å². The molecule has 2 rings (SSSR count). The molecule has 22 heavy (non-hydrogen) atoms. The van der Waals surface area contributed by atoms with Crippen molar-refractivity contribution < 1.29 is 4.79 Å². The van der Waals surface area contributed by atoms with Gasteiger partial charge in [-0.25, -0.2) is 4.98 Å². The highest BCUT2D eigenvalue weighted by Crippen LogP contribution is 2.18. The molecule has 2 N–H and O–H groups in total. The Bertz CT molecular complexity index is 655. The summed E-state index contributed by atoms with van der Waals surface area (Å²) in [5.41, 5.74) is 2.40. The summed E-state index contributed by atoms with van der Waals surface area (Å²) in [6, 6.07) is 9.27. The smallest absolute Gasteiger partial charge is 0.224 e. The van der Waals surface area contributed by atoms with Gasteiger partial charge in [-0.2, -0.15) is 4.98 Å². The van der Waals surface area contributed by atoms with Crippen molar-refractivity contribution in [1.82, 2.24) is 9.97 Å². The number of benzene rings is 1. The monoisotopic (exact) mass is 298 g/mol. The third-order valence-corrected chi connectivity index (χ3v) is 3.21. The highest BCUT2D eigenvalue weighted by molar-refractivity contribution is 5.95. The lowest BCUT2D eigenvalue weighted by molar-refractivity contribution is 0.101. The molecule has 0 saturated heterocycles. The number of anilines is 3. The number of Topliss-reactive ketones (excluding diaryl/α,β-unsaturated/α-hetero) is 1. The van der Waals surface area contributed by atoms with E-state index in [-0.39, 0.29) is 5.78 Å². The minimum atomic E-state index is 0.0458. The first kappa shape index (κ1) is 15.9. The second-order valence-electron chi connectivity index (χ2n) is 5.26. The van der Waals surface area contributed by atoms with Crippen molar-refractivity contribution in [2.45, 2.75) is 33.6 Å². The molecular formula is C17H22N4O. The SMILES string of the molecule is CCCCNc1nc(C)cc(Nc2cccc(C(C)=O)c2)n1. The molecule has 116 valence electrons. The molecule has 0 saturated carbocycles. The van der Waals surface area contributed by atoms with Gasteiger partial charge in [-0.05, 0) is 32.4 Å². The summed E-state index contributed by atoms with van der Waals surface area (Å²) in [6.07, 6.45) is 2.21. The van der Waals surface area contributed by atoms with E-state index in [9.17, 15) is 4.79 Å². The standard InChI is InChI=1S/C17H22N4O/c1-4-5-9-18-17-19-12(2)10-16(21-17)20-15-8-6-7-14(11-15)13(3)22/h6-8,10-11H,4-5,9H2,1-3H3,(H2,18,19,20,21). The van der Waals surface area contributed by atoms with E-state index in [0.29, 0.717) is 17.3 Å². The van der Waals surface area contributed by atoms with Gasteiger partial charge in [0.25, 0.3) is 0 Å². The van der Waals surface area contributed by atoms with E-state index in [1.165, 1.54) is 0 Å². The normalized spacial score (nSPS) is 10.3. The Hall–Kier alpha value is -2.43. The van der Waals surface area contributed by atoms with Crippen LogP contribution in [0.1, 0.15) is 42.7 Å². The second-order valence-corrected chi connectivity index (χ2v) is 5.26. The van der Waals surface area contributed by atoms with Crippen LogP contribution in [0, 0.1) is 6.92 Å². The topological polar surface area (TPSA) is 66.9 Å². The van der Waals surface area contributed by atoms with Crippen LogP contribution in [-0.4, -0.2) is 22.3 Å². The summed E-state index contributed by atoms with van der Waals surface area (Å²) in [6.45, 7) is 6.50. The van der Waals surface area contributed by atoms with Crippen molar-refractivity contribution in [3.05, 3.63) is 41.6 Å². The fourth-order valence-electron chi connectivity index (χ4n) is 2.05. The number of unbranched alkanes of at least 4 members (excludes halogenated alkanes) is 1. The number of nitrogens with zero attached hydrogens (tertiary/aromatic N) is 2. The molecule has 0 aliphatic heterocycles. The third kappa shape index (κ3) is 4.55. The van der Waals surface area contributed by atoms with E-state index < -0.39 is 0 Å². The van der Waals surface area contributed by atoms with Crippen LogP contribution in [0.2, 0.25) is 0 Å². The van der Waals surface area contributed by atoms with Crippen LogP contribution >= 0.6 is 0 Å². The third-order valence-electron chi connectivity index (χ3n) is 3.21. The molecule has 0 unspecified atom stereocenters. The van der Waals surface area contributed by atoms with Gasteiger partial charge in [0.05, 0.1) is 0 Å². The number of hydrogen-bond donors (Lipinski definition) is 2. The molecule has 0 radical (unpaired) electrons. The average Bonchev–Trinajstić information content (AvgIpc) is 2.47.